The van der Waals surface area contributed by atoms with Gasteiger partial charge in [-0.3, -0.25) is 5.32 Å². The standard InChI is InChI=1S/C26H28ClN5O5/c1-6-26(16-11-13-17(27)14-12-16,23-30-21(31-37-23)22(33)35-7-2)32-20-10-8-9-19(18(20)15-28-32)29-24(34)36-25(3,4)5/h8-15H,6-7H2,1-5H3,(H,29,34). The number of carbonyl (C=O) groups is 2. The molecule has 1 N–H and O–H groups in total. The van der Waals surface area contributed by atoms with E-state index in [2.05, 4.69) is 15.5 Å². The Kier molecular flexibility index (Phi) is 7.22. The first-order valence-electron chi connectivity index (χ1n) is 11.8. The monoisotopic (exact) mass is 525 g/mol. The van der Waals surface area contributed by atoms with Crippen LogP contribution in [0, 0.1) is 0 Å². The molecular weight excluding hydrogens is 498 g/mol. The number of carbonyl (C=O) groups excluding carboxylic acids is 2. The van der Waals surface area contributed by atoms with E-state index in [9.17, 15) is 9.59 Å². The molecule has 37 heavy (non-hydrogen) atoms. The van der Waals surface area contributed by atoms with Crippen LogP contribution in [0.5, 0.6) is 0 Å². The molecule has 10 nitrogen and oxygen atoms in total. The van der Waals surface area contributed by atoms with E-state index in [0.29, 0.717) is 28.0 Å². The molecule has 0 aliphatic rings. The quantitative estimate of drug-likeness (QED) is 0.300. The van der Waals surface area contributed by atoms with Gasteiger partial charge in [0.25, 0.3) is 11.7 Å². The third-order valence-electron chi connectivity index (χ3n) is 5.68. The molecule has 4 aromatic rings. The van der Waals surface area contributed by atoms with Gasteiger partial charge < -0.3 is 14.0 Å². The molecular formula is C26H28ClN5O5. The van der Waals surface area contributed by atoms with Crippen molar-refractivity contribution in [1.29, 1.82) is 0 Å². The average Bonchev–Trinajstić information content (AvgIpc) is 3.49. The molecule has 1 unspecified atom stereocenters. The van der Waals surface area contributed by atoms with Crippen LogP contribution in [0.1, 0.15) is 63.1 Å². The van der Waals surface area contributed by atoms with Crippen molar-refractivity contribution in [1.82, 2.24) is 19.9 Å². The highest BCUT2D eigenvalue weighted by Gasteiger charge is 2.43. The summed E-state index contributed by atoms with van der Waals surface area (Å²) in [4.78, 5) is 29.2. The molecule has 0 saturated heterocycles. The summed E-state index contributed by atoms with van der Waals surface area (Å²) in [6.07, 6.45) is 1.49. The minimum absolute atomic E-state index is 0.149. The molecule has 0 aliphatic heterocycles. The number of ether oxygens (including phenoxy) is 2. The molecule has 0 radical (unpaired) electrons. The number of hydrogen-bond acceptors (Lipinski definition) is 8. The fraction of sp³-hybridized carbons (Fsp3) is 0.346. The Labute approximate surface area is 218 Å². The van der Waals surface area contributed by atoms with E-state index in [1.807, 2.05) is 25.1 Å². The smallest absolute Gasteiger partial charge is 0.412 e. The molecule has 2 heterocycles. The van der Waals surface area contributed by atoms with Crippen LogP contribution >= 0.6 is 11.6 Å². The number of rotatable bonds is 7. The van der Waals surface area contributed by atoms with Gasteiger partial charge in [-0.15, -0.1) is 0 Å². The van der Waals surface area contributed by atoms with Crippen molar-refractivity contribution < 1.29 is 23.6 Å². The van der Waals surface area contributed by atoms with E-state index < -0.39 is 23.2 Å². The number of anilines is 1. The van der Waals surface area contributed by atoms with E-state index in [0.717, 1.165) is 5.56 Å². The normalized spacial score (nSPS) is 13.2. The van der Waals surface area contributed by atoms with Crippen LogP contribution in [-0.2, 0) is 15.0 Å². The van der Waals surface area contributed by atoms with Crippen molar-refractivity contribution in [3.63, 3.8) is 0 Å². The lowest BCUT2D eigenvalue weighted by Gasteiger charge is -2.31. The summed E-state index contributed by atoms with van der Waals surface area (Å²) in [6.45, 7) is 9.20. The lowest BCUT2D eigenvalue weighted by molar-refractivity contribution is 0.0507. The molecule has 1 amide bonds. The molecule has 11 heteroatoms. The number of aromatic nitrogens is 4. The summed E-state index contributed by atoms with van der Waals surface area (Å²) in [6, 6.07) is 12.6. The van der Waals surface area contributed by atoms with E-state index in [4.69, 9.17) is 30.7 Å². The van der Waals surface area contributed by atoms with E-state index in [1.54, 1.807) is 62.8 Å². The zero-order chi connectivity index (χ0) is 26.8. The minimum Gasteiger partial charge on any atom is -0.460 e. The fourth-order valence-electron chi connectivity index (χ4n) is 4.11. The first-order chi connectivity index (χ1) is 17.6. The van der Waals surface area contributed by atoms with Crippen molar-refractivity contribution in [2.45, 2.75) is 52.2 Å². The number of esters is 1. The topological polar surface area (TPSA) is 121 Å². The van der Waals surface area contributed by atoms with E-state index >= 15 is 0 Å². The Morgan fingerprint density at radius 2 is 1.84 bits per heavy atom. The lowest BCUT2D eigenvalue weighted by Crippen LogP contribution is -2.37. The third kappa shape index (κ3) is 5.15. The average molecular weight is 526 g/mol. The Morgan fingerprint density at radius 1 is 1.11 bits per heavy atom. The Balaban J connectivity index is 1.88. The SMILES string of the molecule is CCOC(=O)c1noc(C(CC)(c2ccc(Cl)cc2)n2ncc3c(NC(=O)OC(C)(C)C)cccc32)n1. The highest BCUT2D eigenvalue weighted by atomic mass is 35.5. The second-order valence-electron chi connectivity index (χ2n) is 9.29. The molecule has 2 aromatic carbocycles. The highest BCUT2D eigenvalue weighted by Crippen LogP contribution is 2.40. The zero-order valence-electron chi connectivity index (χ0n) is 21.2. The summed E-state index contributed by atoms with van der Waals surface area (Å²) in [7, 11) is 0. The van der Waals surface area contributed by atoms with Crippen LogP contribution in [0.4, 0.5) is 10.5 Å². The maximum Gasteiger partial charge on any atom is 0.412 e. The molecule has 194 valence electrons. The number of benzene rings is 2. The van der Waals surface area contributed by atoms with Crippen LogP contribution < -0.4 is 5.32 Å². The first-order valence-corrected chi connectivity index (χ1v) is 12.2. The first kappa shape index (κ1) is 26.2. The lowest BCUT2D eigenvalue weighted by atomic mass is 9.86. The molecule has 0 fully saturated rings. The summed E-state index contributed by atoms with van der Waals surface area (Å²) in [5.41, 5.74) is 0.212. The third-order valence-corrected chi connectivity index (χ3v) is 5.93. The number of nitrogens with zero attached hydrogens (tertiary/aromatic N) is 4. The van der Waals surface area contributed by atoms with Crippen LogP contribution in [0.15, 0.2) is 53.2 Å². The Bertz CT molecular complexity index is 1420. The molecule has 1 atom stereocenters. The number of nitrogens with one attached hydrogen (secondary N) is 1. The summed E-state index contributed by atoms with van der Waals surface area (Å²) in [5, 5.41) is 12.6. The molecule has 0 spiro atoms. The number of fused-ring (bicyclic) bond motifs is 1. The van der Waals surface area contributed by atoms with Crippen molar-refractivity contribution in [2.75, 3.05) is 11.9 Å². The van der Waals surface area contributed by atoms with Gasteiger partial charge in [-0.25, -0.2) is 14.3 Å². The Hall–Kier alpha value is -3.92. The molecule has 4 rings (SSSR count). The largest absolute Gasteiger partial charge is 0.460 e. The van der Waals surface area contributed by atoms with Crippen molar-refractivity contribution in [3.05, 3.63) is 71.0 Å². The van der Waals surface area contributed by atoms with Crippen molar-refractivity contribution in [2.24, 2.45) is 0 Å². The van der Waals surface area contributed by atoms with Crippen molar-refractivity contribution >= 4 is 40.3 Å². The second kappa shape index (κ2) is 10.2. The highest BCUT2D eigenvalue weighted by molar-refractivity contribution is 6.30. The minimum atomic E-state index is -1.10. The predicted octanol–water partition coefficient (Wildman–Crippen LogP) is 5.80. The molecule has 0 saturated carbocycles. The van der Waals surface area contributed by atoms with Gasteiger partial charge in [0, 0.05) is 10.4 Å². The fourth-order valence-corrected chi connectivity index (χ4v) is 4.24. The molecule has 2 aromatic heterocycles. The van der Waals surface area contributed by atoms with Gasteiger partial charge in [0.1, 0.15) is 5.60 Å². The van der Waals surface area contributed by atoms with Gasteiger partial charge in [0.05, 0.1) is 24.0 Å². The summed E-state index contributed by atoms with van der Waals surface area (Å²) < 4.78 is 17.8. The van der Waals surface area contributed by atoms with Crippen LogP contribution in [-0.4, -0.2) is 44.2 Å². The summed E-state index contributed by atoms with van der Waals surface area (Å²) in [5.74, 6) is -0.726. The summed E-state index contributed by atoms with van der Waals surface area (Å²) >= 11 is 6.18. The van der Waals surface area contributed by atoms with Crippen molar-refractivity contribution in [3.8, 4) is 0 Å². The van der Waals surface area contributed by atoms with Crippen LogP contribution in [0.25, 0.3) is 10.9 Å². The zero-order valence-corrected chi connectivity index (χ0v) is 22.0. The predicted molar refractivity (Wildman–Crippen MR) is 138 cm³/mol. The molecule has 0 aliphatic carbocycles. The Morgan fingerprint density at radius 3 is 2.49 bits per heavy atom. The van der Waals surface area contributed by atoms with Gasteiger partial charge in [0.2, 0.25) is 0 Å². The number of halogens is 1. The maximum atomic E-state index is 12.5. The molecule has 0 bridgehead atoms. The van der Waals surface area contributed by atoms with Gasteiger partial charge in [-0.1, -0.05) is 36.7 Å². The van der Waals surface area contributed by atoms with Gasteiger partial charge in [0.15, 0.2) is 5.54 Å². The number of amides is 1. The van der Waals surface area contributed by atoms with Crippen LogP contribution in [0.3, 0.4) is 0 Å². The van der Waals surface area contributed by atoms with Crippen LogP contribution in [0.2, 0.25) is 5.02 Å². The van der Waals surface area contributed by atoms with Gasteiger partial charge >= 0.3 is 12.1 Å². The van der Waals surface area contributed by atoms with Gasteiger partial charge in [-0.05, 0) is 69.1 Å². The van der Waals surface area contributed by atoms with Gasteiger partial charge in [-0.2, -0.15) is 10.1 Å². The number of hydrogen-bond donors (Lipinski definition) is 1. The van der Waals surface area contributed by atoms with E-state index in [-0.39, 0.29) is 18.3 Å². The maximum absolute atomic E-state index is 12.5. The van der Waals surface area contributed by atoms with E-state index in [1.165, 1.54) is 0 Å². The second-order valence-corrected chi connectivity index (χ2v) is 9.72.